The maximum Gasteiger partial charge on any atom is -1.00 e. The van der Waals surface area contributed by atoms with E-state index in [0.29, 0.717) is 0 Å². The summed E-state index contributed by atoms with van der Waals surface area (Å²) in [5, 5.41) is 4.73. The number of rotatable bonds is 4. The molecule has 2 aliphatic carbocycles. The predicted octanol–water partition coefficient (Wildman–Crippen LogP) is -1.72. The first-order chi connectivity index (χ1) is 13.2. The summed E-state index contributed by atoms with van der Waals surface area (Å²) in [6, 6.07) is 6.45. The minimum Gasteiger partial charge on any atom is -1.00 e. The van der Waals surface area contributed by atoms with Gasteiger partial charge in [0.15, 0.2) is 0 Å². The van der Waals surface area contributed by atoms with Crippen LogP contribution in [-0.4, -0.2) is 15.4 Å². The van der Waals surface area contributed by atoms with E-state index in [-0.39, 0.29) is 24.8 Å². The van der Waals surface area contributed by atoms with E-state index in [9.17, 15) is 0 Å². The molecule has 0 spiro atoms. The summed E-state index contributed by atoms with van der Waals surface area (Å²) in [5.41, 5.74) is 5.03. The van der Waals surface area contributed by atoms with Crippen molar-refractivity contribution in [3.8, 4) is 11.5 Å². The fourth-order valence-corrected chi connectivity index (χ4v) is 6.14. The topological polar surface area (TPSA) is 18.5 Å². The number of allylic oxidation sites excluding steroid dienone is 4. The standard InChI is InChI=1S/C24H25O2Si.2ClH.Zr/c1-15-16(2)24(25-3)23-19(21(15)17-10-7-8-11-17)14-18-12-9-13-20(22(18)23)26-27(4,5)6;;;/h7-10,12-13H,1,11H2,2-6H3;2*1H;/q;;;+2/p-2. The van der Waals surface area contributed by atoms with Crippen molar-refractivity contribution in [2.24, 2.45) is 0 Å². The summed E-state index contributed by atoms with van der Waals surface area (Å²) in [5.74, 6) is 1.91. The molecule has 0 bridgehead atoms. The average Bonchev–Trinajstić information content (AvgIpc) is 3.24. The summed E-state index contributed by atoms with van der Waals surface area (Å²) < 4.78 is 13.8. The van der Waals surface area contributed by atoms with Crippen molar-refractivity contribution in [3.05, 3.63) is 74.0 Å². The third kappa shape index (κ3) is 4.05. The maximum atomic E-state index is 6.52. The second-order valence-corrected chi connectivity index (χ2v) is 14.0. The van der Waals surface area contributed by atoms with Gasteiger partial charge in [-0.2, -0.15) is 0 Å². The molecule has 2 nitrogen and oxygen atoms in total. The van der Waals surface area contributed by atoms with Crippen LogP contribution < -0.4 is 44.4 Å². The van der Waals surface area contributed by atoms with Gasteiger partial charge < -0.3 is 24.8 Å². The number of methoxy groups -OCH3 is 1. The third-order valence-electron chi connectivity index (χ3n) is 5.33. The first-order valence-corrected chi connectivity index (χ1v) is 14.2. The maximum absolute atomic E-state index is 6.52. The Morgan fingerprint density at radius 2 is 1.77 bits per heavy atom. The average molecular weight is 536 g/mol. The van der Waals surface area contributed by atoms with E-state index in [2.05, 4.69) is 69.6 Å². The molecule has 0 radical (unpaired) electrons. The molecule has 6 heteroatoms. The molecule has 0 atom stereocenters. The van der Waals surface area contributed by atoms with E-state index in [0.717, 1.165) is 28.7 Å². The molecule has 0 saturated heterocycles. The quantitative estimate of drug-likeness (QED) is 0.434. The van der Waals surface area contributed by atoms with Gasteiger partial charge in [0, 0.05) is 0 Å². The van der Waals surface area contributed by atoms with E-state index in [1.807, 2.05) is 0 Å². The number of fused-ring (bicyclic) bond motifs is 2. The van der Waals surface area contributed by atoms with Crippen LogP contribution in [0, 0.1) is 17.4 Å². The number of benzene rings is 2. The third-order valence-corrected chi connectivity index (χ3v) is 7.44. The van der Waals surface area contributed by atoms with Gasteiger partial charge in [0.1, 0.15) is 0 Å². The van der Waals surface area contributed by atoms with E-state index >= 15 is 0 Å². The van der Waals surface area contributed by atoms with E-state index in [1.165, 1.54) is 60.4 Å². The van der Waals surface area contributed by atoms with E-state index < -0.39 is 8.32 Å². The van der Waals surface area contributed by atoms with Gasteiger partial charge in [-0.3, -0.25) is 0 Å². The first kappa shape index (κ1) is 25.2. The zero-order valence-electron chi connectivity index (χ0n) is 18.0. The number of halogens is 2. The molecule has 0 aromatic heterocycles. The zero-order valence-corrected chi connectivity index (χ0v) is 22.9. The molecule has 2 aliphatic rings. The Kier molecular flexibility index (Phi) is 7.73. The van der Waals surface area contributed by atoms with Crippen molar-refractivity contribution in [1.82, 2.24) is 0 Å². The van der Waals surface area contributed by atoms with Gasteiger partial charge >= 0.3 is 183 Å². The normalized spacial score (nSPS) is 13.8. The molecule has 2 aromatic rings. The number of ether oxygens (including phenoxy) is 1. The van der Waals surface area contributed by atoms with Crippen LogP contribution >= 0.6 is 0 Å². The van der Waals surface area contributed by atoms with Crippen LogP contribution in [-0.2, 0) is 24.7 Å². The molecular formula is C24H25Cl2O2SiZr. The molecule has 155 valence electrons. The van der Waals surface area contributed by atoms with Crippen LogP contribution in [0.2, 0.25) is 19.6 Å². The molecule has 0 saturated carbocycles. The zero-order chi connectivity index (χ0) is 20.2. The van der Waals surface area contributed by atoms with Gasteiger partial charge in [0.25, 0.3) is 0 Å². The Morgan fingerprint density at radius 1 is 1.07 bits per heavy atom. The van der Waals surface area contributed by atoms with Crippen LogP contribution in [0.25, 0.3) is 15.4 Å². The molecule has 0 aliphatic heterocycles. The Hall–Kier alpha value is -1.06. The fourth-order valence-electron chi connectivity index (χ4n) is 4.18. The van der Waals surface area contributed by atoms with Crippen LogP contribution in [0.4, 0.5) is 0 Å². The number of hydrogen-bond donors (Lipinski definition) is 0. The van der Waals surface area contributed by atoms with Gasteiger partial charge in [-0.15, -0.1) is 0 Å². The molecule has 30 heavy (non-hydrogen) atoms. The summed E-state index contributed by atoms with van der Waals surface area (Å²) in [7, 11) is 0.0129. The Balaban J connectivity index is 0.00000160. The van der Waals surface area contributed by atoms with Gasteiger partial charge in [-0.1, -0.05) is 0 Å². The first-order valence-electron chi connectivity index (χ1n) is 9.59. The summed E-state index contributed by atoms with van der Waals surface area (Å²) >= 11 is 1.40. The minimum atomic E-state index is -1.75. The molecule has 0 fully saturated rings. The largest absolute Gasteiger partial charge is 1.00 e. The van der Waals surface area contributed by atoms with Crippen LogP contribution in [0.3, 0.4) is 0 Å². The van der Waals surface area contributed by atoms with Gasteiger partial charge in [0.05, 0.1) is 0 Å². The van der Waals surface area contributed by atoms with Crippen molar-refractivity contribution in [2.45, 2.75) is 33.0 Å². The van der Waals surface area contributed by atoms with Crippen molar-refractivity contribution < 1.29 is 58.7 Å². The van der Waals surface area contributed by atoms with Crippen LogP contribution in [0.5, 0.6) is 11.5 Å². The van der Waals surface area contributed by atoms with Crippen LogP contribution in [0.1, 0.15) is 23.1 Å². The molecule has 0 heterocycles. The molecular weight excluding hydrogens is 510 g/mol. The SMILES string of the molecule is C=c1c(C)c(OC)c2c(c1C1=CC=CC1)[C]([Zr+2])=c1cccc(O[Si](C)(C)C)c1=2.[Cl-].[Cl-]. The summed E-state index contributed by atoms with van der Waals surface area (Å²) in [4.78, 5) is 0. The molecule has 2 aromatic carbocycles. The van der Waals surface area contributed by atoms with Crippen molar-refractivity contribution in [3.63, 3.8) is 0 Å². The van der Waals surface area contributed by atoms with E-state index in [1.54, 1.807) is 7.11 Å². The Bertz CT molecular complexity index is 1270. The smallest absolute Gasteiger partial charge is 1.00 e. The van der Waals surface area contributed by atoms with Crippen molar-refractivity contribution in [2.75, 3.05) is 7.11 Å². The predicted molar refractivity (Wildman–Crippen MR) is 115 cm³/mol. The Labute approximate surface area is 206 Å². The van der Waals surface area contributed by atoms with Crippen molar-refractivity contribution >= 4 is 23.8 Å². The summed E-state index contributed by atoms with van der Waals surface area (Å²) in [6.07, 6.45) is 7.54. The van der Waals surface area contributed by atoms with Gasteiger partial charge in [-0.05, 0) is 0 Å². The van der Waals surface area contributed by atoms with Crippen LogP contribution in [0.15, 0.2) is 36.4 Å². The number of hydrogen-bond acceptors (Lipinski definition) is 2. The molecule has 4 rings (SSSR count). The van der Waals surface area contributed by atoms with Crippen molar-refractivity contribution in [1.29, 1.82) is 0 Å². The molecule has 0 N–H and O–H groups in total. The van der Waals surface area contributed by atoms with Gasteiger partial charge in [-0.25, -0.2) is 0 Å². The van der Waals surface area contributed by atoms with E-state index in [4.69, 9.17) is 9.16 Å². The minimum absolute atomic E-state index is 0. The second kappa shape index (κ2) is 9.20. The fraction of sp³-hybridized carbons (Fsp3) is 0.250. The summed E-state index contributed by atoms with van der Waals surface area (Å²) in [6.45, 7) is 13.3. The molecule has 0 amide bonds. The second-order valence-electron chi connectivity index (χ2n) is 8.35. The Morgan fingerprint density at radius 3 is 2.33 bits per heavy atom. The van der Waals surface area contributed by atoms with Gasteiger partial charge in [0.2, 0.25) is 0 Å². The molecule has 0 unspecified atom stereocenters. The monoisotopic (exact) mass is 533 g/mol.